The number of hydrogen-bond acceptors (Lipinski definition) is 2. The Labute approximate surface area is 144 Å². The molecular weight excluding hydrogens is 294 g/mol. The summed E-state index contributed by atoms with van der Waals surface area (Å²) in [6, 6.07) is 23.4. The van der Waals surface area contributed by atoms with E-state index in [1.165, 1.54) is 21.9 Å². The van der Waals surface area contributed by atoms with Crippen LogP contribution >= 0.6 is 0 Å². The normalized spacial score (nSPS) is 10.9. The number of hydrogen-bond donors (Lipinski definition) is 1. The summed E-state index contributed by atoms with van der Waals surface area (Å²) in [5, 5.41) is 6.13. The average Bonchev–Trinajstić information content (AvgIpc) is 2.64. The first-order valence-electron chi connectivity index (χ1n) is 8.76. The zero-order valence-electron chi connectivity index (χ0n) is 14.3. The van der Waals surface area contributed by atoms with E-state index in [0.717, 1.165) is 31.7 Å². The Morgan fingerprint density at radius 1 is 0.875 bits per heavy atom. The van der Waals surface area contributed by atoms with E-state index >= 15 is 0 Å². The molecule has 0 amide bonds. The van der Waals surface area contributed by atoms with Crippen molar-refractivity contribution in [3.8, 4) is 5.75 Å². The molecular formula is C22H25NO. The third kappa shape index (κ3) is 4.15. The third-order valence-electron chi connectivity index (χ3n) is 4.26. The van der Waals surface area contributed by atoms with Gasteiger partial charge in [-0.05, 0) is 48.7 Å². The van der Waals surface area contributed by atoms with Gasteiger partial charge in [0.1, 0.15) is 5.75 Å². The van der Waals surface area contributed by atoms with Crippen LogP contribution in [-0.4, -0.2) is 13.2 Å². The maximum Gasteiger partial charge on any atom is 0.124 e. The van der Waals surface area contributed by atoms with Crippen molar-refractivity contribution in [3.05, 3.63) is 77.9 Å². The molecule has 0 spiro atoms. The Morgan fingerprint density at radius 2 is 1.67 bits per heavy atom. The first-order valence-corrected chi connectivity index (χ1v) is 8.76. The molecule has 0 aliphatic heterocycles. The van der Waals surface area contributed by atoms with Gasteiger partial charge in [0.05, 0.1) is 6.61 Å². The summed E-state index contributed by atoms with van der Waals surface area (Å²) < 4.78 is 5.83. The van der Waals surface area contributed by atoms with E-state index in [1.54, 1.807) is 0 Å². The van der Waals surface area contributed by atoms with Crippen molar-refractivity contribution in [1.29, 1.82) is 0 Å². The van der Waals surface area contributed by atoms with Crippen molar-refractivity contribution in [2.24, 2.45) is 0 Å². The molecule has 2 heteroatoms. The van der Waals surface area contributed by atoms with Gasteiger partial charge in [0.2, 0.25) is 0 Å². The standard InChI is InChI=1S/C22H25NO/c1-2-24-22-15-14-19-12-6-7-13-20(19)21(22)17-23-16-8-11-18-9-4-3-5-10-18/h3-7,9-10,12-15,23H,2,8,11,16-17H2,1H3. The molecule has 0 aliphatic rings. The molecule has 2 nitrogen and oxygen atoms in total. The predicted octanol–water partition coefficient (Wildman–Crippen LogP) is 4.96. The van der Waals surface area contributed by atoms with E-state index < -0.39 is 0 Å². The minimum atomic E-state index is 0.694. The summed E-state index contributed by atoms with van der Waals surface area (Å²) in [7, 11) is 0. The first kappa shape index (κ1) is 16.5. The fraction of sp³-hybridized carbons (Fsp3) is 0.273. The lowest BCUT2D eigenvalue weighted by Crippen LogP contribution is -2.16. The summed E-state index contributed by atoms with van der Waals surface area (Å²) in [5.74, 6) is 0.992. The van der Waals surface area contributed by atoms with Crippen LogP contribution in [0.25, 0.3) is 10.8 Å². The van der Waals surface area contributed by atoms with Crippen LogP contribution in [0, 0.1) is 0 Å². The maximum absolute atomic E-state index is 5.83. The van der Waals surface area contributed by atoms with Crippen molar-refractivity contribution in [2.75, 3.05) is 13.2 Å². The molecule has 0 fully saturated rings. The lowest BCUT2D eigenvalue weighted by atomic mass is 10.0. The predicted molar refractivity (Wildman–Crippen MR) is 102 cm³/mol. The van der Waals surface area contributed by atoms with Crippen molar-refractivity contribution in [1.82, 2.24) is 5.32 Å². The fourth-order valence-corrected chi connectivity index (χ4v) is 3.06. The van der Waals surface area contributed by atoms with Gasteiger partial charge in [0.15, 0.2) is 0 Å². The SMILES string of the molecule is CCOc1ccc2ccccc2c1CNCCCc1ccccc1. The number of ether oxygens (including phenoxy) is 1. The van der Waals surface area contributed by atoms with E-state index in [0.29, 0.717) is 6.61 Å². The van der Waals surface area contributed by atoms with Gasteiger partial charge in [-0.2, -0.15) is 0 Å². The molecule has 0 saturated carbocycles. The Morgan fingerprint density at radius 3 is 2.50 bits per heavy atom. The number of aryl methyl sites for hydroxylation is 1. The van der Waals surface area contributed by atoms with Crippen LogP contribution in [0.1, 0.15) is 24.5 Å². The number of rotatable bonds is 8. The highest BCUT2D eigenvalue weighted by Gasteiger charge is 2.08. The molecule has 3 rings (SSSR count). The summed E-state index contributed by atoms with van der Waals surface area (Å²) in [5.41, 5.74) is 2.66. The highest BCUT2D eigenvalue weighted by atomic mass is 16.5. The molecule has 0 aromatic heterocycles. The van der Waals surface area contributed by atoms with Gasteiger partial charge in [0.25, 0.3) is 0 Å². The van der Waals surface area contributed by atoms with Crippen molar-refractivity contribution in [2.45, 2.75) is 26.3 Å². The van der Waals surface area contributed by atoms with Crippen LogP contribution in [0.2, 0.25) is 0 Å². The first-order chi connectivity index (χ1) is 11.9. The summed E-state index contributed by atoms with van der Waals surface area (Å²) in [6.07, 6.45) is 2.25. The summed E-state index contributed by atoms with van der Waals surface area (Å²) in [6.45, 7) is 4.57. The Hall–Kier alpha value is -2.32. The molecule has 0 saturated heterocycles. The largest absolute Gasteiger partial charge is 0.494 e. The minimum Gasteiger partial charge on any atom is -0.494 e. The molecule has 0 aliphatic carbocycles. The topological polar surface area (TPSA) is 21.3 Å². The molecule has 124 valence electrons. The van der Waals surface area contributed by atoms with Crippen LogP contribution in [0.3, 0.4) is 0 Å². The van der Waals surface area contributed by atoms with E-state index in [4.69, 9.17) is 4.74 Å². The molecule has 3 aromatic rings. The quantitative estimate of drug-likeness (QED) is 0.592. The van der Waals surface area contributed by atoms with E-state index in [1.807, 2.05) is 6.92 Å². The van der Waals surface area contributed by atoms with Crippen LogP contribution in [-0.2, 0) is 13.0 Å². The number of fused-ring (bicyclic) bond motifs is 1. The Kier molecular flexibility index (Phi) is 5.86. The minimum absolute atomic E-state index is 0.694. The van der Waals surface area contributed by atoms with E-state index in [-0.39, 0.29) is 0 Å². The van der Waals surface area contributed by atoms with Crippen molar-refractivity contribution in [3.63, 3.8) is 0 Å². The van der Waals surface area contributed by atoms with E-state index in [9.17, 15) is 0 Å². The molecule has 0 unspecified atom stereocenters. The van der Waals surface area contributed by atoms with Gasteiger partial charge < -0.3 is 10.1 Å². The molecule has 0 bridgehead atoms. The number of nitrogens with one attached hydrogen (secondary N) is 1. The zero-order chi connectivity index (χ0) is 16.6. The lowest BCUT2D eigenvalue weighted by Gasteiger charge is -2.14. The number of benzene rings is 3. The van der Waals surface area contributed by atoms with Gasteiger partial charge in [0, 0.05) is 12.1 Å². The molecule has 1 N–H and O–H groups in total. The van der Waals surface area contributed by atoms with Gasteiger partial charge >= 0.3 is 0 Å². The summed E-state index contributed by atoms with van der Waals surface area (Å²) >= 11 is 0. The zero-order valence-corrected chi connectivity index (χ0v) is 14.3. The summed E-state index contributed by atoms with van der Waals surface area (Å²) in [4.78, 5) is 0. The van der Waals surface area contributed by atoms with Crippen LogP contribution < -0.4 is 10.1 Å². The third-order valence-corrected chi connectivity index (χ3v) is 4.26. The monoisotopic (exact) mass is 319 g/mol. The van der Waals surface area contributed by atoms with E-state index in [2.05, 4.69) is 72.0 Å². The maximum atomic E-state index is 5.83. The average molecular weight is 319 g/mol. The molecule has 24 heavy (non-hydrogen) atoms. The second-order valence-electron chi connectivity index (χ2n) is 5.96. The molecule has 0 heterocycles. The van der Waals surface area contributed by atoms with Crippen molar-refractivity contribution >= 4 is 10.8 Å². The fourth-order valence-electron chi connectivity index (χ4n) is 3.06. The molecule has 0 atom stereocenters. The smallest absolute Gasteiger partial charge is 0.124 e. The van der Waals surface area contributed by atoms with Gasteiger partial charge in [-0.15, -0.1) is 0 Å². The second-order valence-corrected chi connectivity index (χ2v) is 5.96. The van der Waals surface area contributed by atoms with Gasteiger partial charge in [-0.25, -0.2) is 0 Å². The van der Waals surface area contributed by atoms with Crippen LogP contribution in [0.5, 0.6) is 5.75 Å². The second kappa shape index (κ2) is 8.51. The van der Waals surface area contributed by atoms with Gasteiger partial charge in [-0.1, -0.05) is 60.7 Å². The molecule has 3 aromatic carbocycles. The van der Waals surface area contributed by atoms with Gasteiger partial charge in [-0.3, -0.25) is 0 Å². The Balaban J connectivity index is 1.62. The van der Waals surface area contributed by atoms with Crippen molar-refractivity contribution < 1.29 is 4.74 Å². The highest BCUT2D eigenvalue weighted by molar-refractivity contribution is 5.87. The van der Waals surface area contributed by atoms with Crippen LogP contribution in [0.4, 0.5) is 0 Å². The van der Waals surface area contributed by atoms with Crippen LogP contribution in [0.15, 0.2) is 66.7 Å². The Bertz CT molecular complexity index is 767. The lowest BCUT2D eigenvalue weighted by molar-refractivity contribution is 0.336. The highest BCUT2D eigenvalue weighted by Crippen LogP contribution is 2.28. The molecule has 0 radical (unpaired) electrons.